The standard InChI is InChI=1S/C24H38.C3H2.3V.3H2/c1-3-19-5-7-21(8-6-19)9-10-22-13-17-24(18-14-22)23-15-11-20(4-2)12-16-23;1-3-2;;;;;;/h3-4,9-10,19-24H,1-2,5-8,11-18H2;1H2;;;;3*1H/q;-2;;;;;;/b10-9+;;;;;;;. The van der Waals surface area contributed by atoms with Gasteiger partial charge in [-0.3, -0.25) is 0 Å². The average molecular weight is 523 g/mol. The van der Waals surface area contributed by atoms with Crippen LogP contribution in [0.2, 0.25) is 0 Å². The van der Waals surface area contributed by atoms with Crippen LogP contribution in [0.4, 0.5) is 0 Å². The fourth-order valence-electron chi connectivity index (χ4n) is 5.55. The summed E-state index contributed by atoms with van der Waals surface area (Å²) >= 11 is 0. The van der Waals surface area contributed by atoms with Crippen molar-refractivity contribution in [3.8, 4) is 5.92 Å². The predicted molar refractivity (Wildman–Crippen MR) is 125 cm³/mol. The van der Waals surface area contributed by atoms with Gasteiger partial charge in [0.1, 0.15) is 0 Å². The van der Waals surface area contributed by atoms with E-state index in [1.807, 2.05) is 0 Å². The first-order valence-corrected chi connectivity index (χ1v) is 11.3. The van der Waals surface area contributed by atoms with Gasteiger partial charge in [0, 0.05) is 59.9 Å². The quantitative estimate of drug-likeness (QED) is 0.193. The Hall–Kier alpha value is 0.403. The minimum absolute atomic E-state index is 0. The molecular weight excluding hydrogens is 477 g/mol. The molecule has 3 aliphatic carbocycles. The Morgan fingerprint density at radius 1 is 0.600 bits per heavy atom. The molecule has 0 aliphatic heterocycles. The average Bonchev–Trinajstić information content (AvgIpc) is 2.74. The van der Waals surface area contributed by atoms with Crippen LogP contribution in [0.15, 0.2) is 37.5 Å². The minimum atomic E-state index is 0. The van der Waals surface area contributed by atoms with Crippen molar-refractivity contribution in [1.29, 1.82) is 0 Å². The molecule has 0 N–H and O–H groups in total. The summed E-state index contributed by atoms with van der Waals surface area (Å²) in [6.45, 7) is 10.9. The normalized spacial score (nSPS) is 33.2. The third kappa shape index (κ3) is 11.3. The number of hydrogen-bond acceptors (Lipinski definition) is 0. The second kappa shape index (κ2) is 18.9. The molecule has 3 rings (SSSR count). The first-order valence-electron chi connectivity index (χ1n) is 11.3. The van der Waals surface area contributed by atoms with Gasteiger partial charge in [0.05, 0.1) is 0 Å². The maximum absolute atomic E-state index is 5.85. The zero-order valence-electron chi connectivity index (χ0n) is 18.7. The van der Waals surface area contributed by atoms with Crippen molar-refractivity contribution in [2.75, 3.05) is 0 Å². The van der Waals surface area contributed by atoms with Crippen molar-refractivity contribution < 1.29 is 59.9 Å². The molecule has 3 radical (unpaired) electrons. The number of rotatable bonds is 5. The van der Waals surface area contributed by atoms with Crippen LogP contribution in [0.3, 0.4) is 0 Å². The Balaban J connectivity index is -0.000000276. The van der Waals surface area contributed by atoms with E-state index in [2.05, 4.69) is 44.4 Å². The molecule has 30 heavy (non-hydrogen) atoms. The van der Waals surface area contributed by atoms with Crippen molar-refractivity contribution in [3.05, 3.63) is 50.8 Å². The van der Waals surface area contributed by atoms with Crippen molar-refractivity contribution in [2.45, 2.75) is 77.0 Å². The van der Waals surface area contributed by atoms with Crippen LogP contribution in [0.5, 0.6) is 0 Å². The van der Waals surface area contributed by atoms with E-state index in [9.17, 15) is 0 Å². The molecule has 0 saturated heterocycles. The third-order valence-corrected chi connectivity index (χ3v) is 7.44. The Morgan fingerprint density at radius 2 is 0.833 bits per heavy atom. The van der Waals surface area contributed by atoms with Gasteiger partial charge in [-0.2, -0.15) is 0 Å². The molecule has 0 spiro atoms. The Labute approximate surface area is 228 Å². The summed E-state index contributed by atoms with van der Waals surface area (Å²) in [5, 5.41) is 0. The van der Waals surface area contributed by atoms with Crippen LogP contribution in [0, 0.1) is 54.8 Å². The summed E-state index contributed by atoms with van der Waals surface area (Å²) in [4.78, 5) is 0. The second-order valence-corrected chi connectivity index (χ2v) is 9.06. The number of allylic oxidation sites excluding steroid dienone is 4. The molecule has 3 fully saturated rings. The monoisotopic (exact) mass is 523 g/mol. The van der Waals surface area contributed by atoms with Crippen LogP contribution in [0.25, 0.3) is 0 Å². The van der Waals surface area contributed by atoms with E-state index in [0.717, 1.165) is 35.5 Å². The van der Waals surface area contributed by atoms with E-state index in [1.54, 1.807) is 5.92 Å². The molecule has 0 aromatic rings. The summed E-state index contributed by atoms with van der Waals surface area (Å²) in [5.41, 5.74) is 0. The zero-order valence-corrected chi connectivity index (χ0v) is 22.9. The SMILES string of the molecule is C=CC1CCC(/C=C/C2CCC(C3CCC(C=C)CC3)CC2)CC1.[C-]#C[CH2-].[HH].[HH].[HH].[V].[V].[V]. The molecule has 171 valence electrons. The van der Waals surface area contributed by atoms with Gasteiger partial charge >= 0.3 is 0 Å². The van der Waals surface area contributed by atoms with Crippen LogP contribution in [-0.2, 0) is 55.7 Å². The first-order chi connectivity index (χ1) is 13.2. The van der Waals surface area contributed by atoms with Crippen LogP contribution in [-0.4, -0.2) is 0 Å². The van der Waals surface area contributed by atoms with Crippen molar-refractivity contribution in [3.63, 3.8) is 0 Å². The van der Waals surface area contributed by atoms with Gasteiger partial charge in [-0.1, -0.05) is 24.3 Å². The predicted octanol–water partition coefficient (Wildman–Crippen LogP) is 8.47. The second-order valence-electron chi connectivity index (χ2n) is 9.06. The largest absolute Gasteiger partial charge is 0.729 e. The molecule has 3 heteroatoms. The van der Waals surface area contributed by atoms with E-state index in [-0.39, 0.29) is 59.9 Å². The molecule has 0 amide bonds. The van der Waals surface area contributed by atoms with Gasteiger partial charge < -0.3 is 19.3 Å². The summed E-state index contributed by atoms with van der Waals surface area (Å²) < 4.78 is 0. The van der Waals surface area contributed by atoms with Crippen LogP contribution < -0.4 is 0 Å². The maximum Gasteiger partial charge on any atom is 0 e. The molecule has 0 aromatic carbocycles. The molecular formula is C27H46V3-2. The van der Waals surface area contributed by atoms with Crippen LogP contribution in [0.1, 0.15) is 81.3 Å². The summed E-state index contributed by atoms with van der Waals surface area (Å²) in [6, 6.07) is 0. The van der Waals surface area contributed by atoms with Gasteiger partial charge in [-0.15, -0.1) is 13.2 Å². The van der Waals surface area contributed by atoms with E-state index in [0.29, 0.717) is 0 Å². The number of hydrogen-bond donors (Lipinski definition) is 0. The molecule has 0 nitrogen and oxygen atoms in total. The van der Waals surface area contributed by atoms with Gasteiger partial charge in [0.15, 0.2) is 0 Å². The van der Waals surface area contributed by atoms with Crippen molar-refractivity contribution in [1.82, 2.24) is 0 Å². The molecule has 0 bridgehead atoms. The van der Waals surface area contributed by atoms with Gasteiger partial charge in [-0.05, 0) is 113 Å². The van der Waals surface area contributed by atoms with E-state index < -0.39 is 0 Å². The molecule has 0 heterocycles. The van der Waals surface area contributed by atoms with Gasteiger partial charge in [0.2, 0.25) is 0 Å². The zero-order chi connectivity index (χ0) is 19.5. The molecule has 3 aliphatic rings. The summed E-state index contributed by atoms with van der Waals surface area (Å²) in [7, 11) is 0. The summed E-state index contributed by atoms with van der Waals surface area (Å²) in [6.07, 6.45) is 32.5. The molecule has 0 atom stereocenters. The maximum atomic E-state index is 5.85. The summed E-state index contributed by atoms with van der Waals surface area (Å²) in [5.74, 6) is 7.15. The first kappa shape index (κ1) is 32.6. The fourth-order valence-corrected chi connectivity index (χ4v) is 5.55. The Kier molecular flexibility index (Phi) is 20.6. The topological polar surface area (TPSA) is 0 Å². The molecule has 3 saturated carbocycles. The van der Waals surface area contributed by atoms with Crippen LogP contribution >= 0.6 is 0 Å². The van der Waals surface area contributed by atoms with E-state index >= 15 is 0 Å². The molecule has 0 unspecified atom stereocenters. The van der Waals surface area contributed by atoms with Gasteiger partial charge in [0.25, 0.3) is 0 Å². The minimum Gasteiger partial charge on any atom is -0.729 e. The smallest absolute Gasteiger partial charge is 0 e. The fraction of sp³-hybridized carbons (Fsp3) is 0.667. The third-order valence-electron chi connectivity index (χ3n) is 7.44. The van der Waals surface area contributed by atoms with Crippen molar-refractivity contribution >= 4 is 0 Å². The van der Waals surface area contributed by atoms with E-state index in [4.69, 9.17) is 6.42 Å². The van der Waals surface area contributed by atoms with E-state index in [1.165, 1.54) is 77.0 Å². The van der Waals surface area contributed by atoms with Crippen molar-refractivity contribution in [2.24, 2.45) is 35.5 Å². The Morgan fingerprint density at radius 3 is 1.13 bits per heavy atom. The Bertz CT molecular complexity index is 509. The molecule has 0 aromatic heterocycles. The van der Waals surface area contributed by atoms with Gasteiger partial charge in [-0.25, -0.2) is 0 Å².